The van der Waals surface area contributed by atoms with Gasteiger partial charge in [0.05, 0.1) is 5.52 Å². The van der Waals surface area contributed by atoms with Crippen LogP contribution in [0.4, 0.5) is 9.18 Å². The van der Waals surface area contributed by atoms with Crippen molar-refractivity contribution in [1.82, 2.24) is 25.4 Å². The number of carbonyl (C=O) groups excluding carboxylic acids is 2. The zero-order valence-electron chi connectivity index (χ0n) is 17.6. The lowest BCUT2D eigenvalue weighted by Gasteiger charge is -2.44. The molecule has 3 saturated heterocycles. The Bertz CT molecular complexity index is 1140. The molecule has 6 rings (SSSR count). The molecule has 4 heterocycles. The number of halogens is 1. The van der Waals surface area contributed by atoms with Crippen LogP contribution in [-0.2, 0) is 6.54 Å². The molecule has 3 N–H and O–H groups in total. The monoisotopic (exact) mass is 436 g/mol. The largest absolute Gasteiger partial charge is 0.346 e. The van der Waals surface area contributed by atoms with E-state index in [9.17, 15) is 14.0 Å². The summed E-state index contributed by atoms with van der Waals surface area (Å²) in [5, 5.41) is 10.9. The number of para-hydroxylation sites is 1. The van der Waals surface area contributed by atoms with Crippen molar-refractivity contribution < 1.29 is 14.0 Å². The Morgan fingerprint density at radius 1 is 1.06 bits per heavy atom. The van der Waals surface area contributed by atoms with Crippen molar-refractivity contribution in [3.63, 3.8) is 0 Å². The maximum Gasteiger partial charge on any atom is 0.335 e. The lowest BCUT2D eigenvalue weighted by Crippen LogP contribution is -2.57. The quantitative estimate of drug-likeness (QED) is 0.573. The number of carbonyl (C=O) groups is 2. The van der Waals surface area contributed by atoms with Gasteiger partial charge in [0.25, 0.3) is 5.91 Å². The SMILES string of the molecule is O=C(NCc1ccc(F)cc1)Nn1nc(C(=O)N[C@H]2CN3CCC2CC3)c2ccccc21. The van der Waals surface area contributed by atoms with Gasteiger partial charge in [-0.1, -0.05) is 30.3 Å². The van der Waals surface area contributed by atoms with Crippen LogP contribution in [0, 0.1) is 11.7 Å². The smallest absolute Gasteiger partial charge is 0.335 e. The van der Waals surface area contributed by atoms with Gasteiger partial charge >= 0.3 is 6.03 Å². The van der Waals surface area contributed by atoms with E-state index in [1.165, 1.54) is 16.9 Å². The summed E-state index contributed by atoms with van der Waals surface area (Å²) < 4.78 is 13.0. The number of hydrogen-bond donors (Lipinski definition) is 3. The van der Waals surface area contributed by atoms with Gasteiger partial charge in [0, 0.05) is 24.5 Å². The number of urea groups is 1. The summed E-state index contributed by atoms with van der Waals surface area (Å²) >= 11 is 0. The van der Waals surface area contributed by atoms with Crippen molar-refractivity contribution in [3.05, 3.63) is 65.6 Å². The van der Waals surface area contributed by atoms with Gasteiger partial charge in [-0.25, -0.2) is 14.6 Å². The van der Waals surface area contributed by atoms with Gasteiger partial charge in [-0.05, 0) is 55.6 Å². The number of hydrogen-bond acceptors (Lipinski definition) is 4. The second kappa shape index (κ2) is 8.58. The molecular formula is C23H25FN6O2. The van der Waals surface area contributed by atoms with Crippen LogP contribution in [0.5, 0.6) is 0 Å². The highest BCUT2D eigenvalue weighted by Crippen LogP contribution is 2.28. The van der Waals surface area contributed by atoms with Crippen LogP contribution >= 0.6 is 0 Å². The van der Waals surface area contributed by atoms with Gasteiger partial charge in [-0.2, -0.15) is 4.79 Å². The predicted molar refractivity (Wildman–Crippen MR) is 118 cm³/mol. The third-order valence-electron chi connectivity index (χ3n) is 6.35. The molecule has 32 heavy (non-hydrogen) atoms. The van der Waals surface area contributed by atoms with Gasteiger partial charge < -0.3 is 15.5 Å². The van der Waals surface area contributed by atoms with E-state index in [1.54, 1.807) is 18.2 Å². The normalized spacial score (nSPS) is 22.0. The summed E-state index contributed by atoms with van der Waals surface area (Å²) in [5.74, 6) is -0.0508. The van der Waals surface area contributed by atoms with E-state index < -0.39 is 6.03 Å². The van der Waals surface area contributed by atoms with Crippen molar-refractivity contribution in [1.29, 1.82) is 0 Å². The number of nitrogens with zero attached hydrogens (tertiary/aromatic N) is 3. The van der Waals surface area contributed by atoms with E-state index in [0.717, 1.165) is 38.0 Å². The zero-order chi connectivity index (χ0) is 22.1. The average molecular weight is 436 g/mol. The van der Waals surface area contributed by atoms with Crippen LogP contribution in [0.25, 0.3) is 10.9 Å². The summed E-state index contributed by atoms with van der Waals surface area (Å²) in [6.45, 7) is 3.31. The lowest BCUT2D eigenvalue weighted by atomic mass is 9.84. The molecule has 8 nitrogen and oxygen atoms in total. The maximum absolute atomic E-state index is 13.1. The molecule has 0 unspecified atom stereocenters. The lowest BCUT2D eigenvalue weighted by molar-refractivity contribution is 0.0618. The van der Waals surface area contributed by atoms with Crippen molar-refractivity contribution in [3.8, 4) is 0 Å². The van der Waals surface area contributed by atoms with E-state index in [2.05, 4.69) is 26.1 Å². The Kier molecular flexibility index (Phi) is 5.48. The van der Waals surface area contributed by atoms with E-state index in [1.807, 2.05) is 18.2 Å². The number of fused-ring (bicyclic) bond motifs is 4. The fourth-order valence-electron chi connectivity index (χ4n) is 4.60. The summed E-state index contributed by atoms with van der Waals surface area (Å²) in [6.07, 6.45) is 2.21. The minimum absolute atomic E-state index is 0.126. The van der Waals surface area contributed by atoms with Gasteiger partial charge in [-0.3, -0.25) is 4.79 Å². The number of nitrogens with one attached hydrogen (secondary N) is 3. The number of benzene rings is 2. The van der Waals surface area contributed by atoms with Gasteiger partial charge in [-0.15, -0.1) is 5.10 Å². The highest BCUT2D eigenvalue weighted by Gasteiger charge is 2.35. The Morgan fingerprint density at radius 3 is 2.53 bits per heavy atom. The summed E-state index contributed by atoms with van der Waals surface area (Å²) in [4.78, 5) is 29.2. The van der Waals surface area contributed by atoms with Crippen LogP contribution in [0.2, 0.25) is 0 Å². The van der Waals surface area contributed by atoms with Gasteiger partial charge in [0.15, 0.2) is 5.69 Å². The van der Waals surface area contributed by atoms with Crippen LogP contribution in [0.1, 0.15) is 28.9 Å². The van der Waals surface area contributed by atoms with E-state index in [4.69, 9.17) is 0 Å². The van der Waals surface area contributed by atoms with E-state index in [-0.39, 0.29) is 30.0 Å². The molecule has 3 aromatic rings. The third kappa shape index (κ3) is 4.16. The first-order valence-electron chi connectivity index (χ1n) is 10.9. The van der Waals surface area contributed by atoms with Crippen molar-refractivity contribution in [2.45, 2.75) is 25.4 Å². The molecule has 0 spiro atoms. The highest BCUT2D eigenvalue weighted by molar-refractivity contribution is 6.05. The number of rotatable bonds is 5. The third-order valence-corrected chi connectivity index (χ3v) is 6.35. The van der Waals surface area contributed by atoms with Crippen LogP contribution in [0.15, 0.2) is 48.5 Å². The van der Waals surface area contributed by atoms with Crippen molar-refractivity contribution in [2.24, 2.45) is 5.92 Å². The minimum atomic E-state index is -0.480. The van der Waals surface area contributed by atoms with Crippen LogP contribution in [0.3, 0.4) is 0 Å². The van der Waals surface area contributed by atoms with Crippen molar-refractivity contribution in [2.75, 3.05) is 25.1 Å². The zero-order valence-corrected chi connectivity index (χ0v) is 17.6. The van der Waals surface area contributed by atoms with Crippen molar-refractivity contribution >= 4 is 22.8 Å². The molecule has 0 aliphatic carbocycles. The summed E-state index contributed by atoms with van der Waals surface area (Å²) in [6, 6.07) is 12.8. The molecule has 166 valence electrons. The molecule has 3 aliphatic rings. The topological polar surface area (TPSA) is 91.3 Å². The summed E-state index contributed by atoms with van der Waals surface area (Å²) in [7, 11) is 0. The van der Waals surface area contributed by atoms with Crippen LogP contribution < -0.4 is 16.1 Å². The second-order valence-corrected chi connectivity index (χ2v) is 8.42. The summed E-state index contributed by atoms with van der Waals surface area (Å²) in [5.41, 5.74) is 4.35. The maximum atomic E-state index is 13.1. The molecule has 0 saturated carbocycles. The molecule has 0 radical (unpaired) electrons. The molecule has 2 bridgehead atoms. The Hall–Kier alpha value is -3.46. The second-order valence-electron chi connectivity index (χ2n) is 8.42. The van der Waals surface area contributed by atoms with Gasteiger partial charge in [0.1, 0.15) is 5.82 Å². The first kappa shape index (κ1) is 20.4. The molecule has 3 aliphatic heterocycles. The molecule has 3 amide bonds. The molecule has 9 heteroatoms. The van der Waals surface area contributed by atoms with E-state index >= 15 is 0 Å². The first-order chi connectivity index (χ1) is 15.6. The molecule has 1 atom stereocenters. The number of amides is 3. The molecular weight excluding hydrogens is 411 g/mol. The Morgan fingerprint density at radius 2 is 1.81 bits per heavy atom. The number of aromatic nitrogens is 2. The fourth-order valence-corrected chi connectivity index (χ4v) is 4.60. The number of piperidine rings is 3. The average Bonchev–Trinajstić information content (AvgIpc) is 3.18. The first-order valence-corrected chi connectivity index (χ1v) is 10.9. The fraction of sp³-hybridized carbons (Fsp3) is 0.348. The molecule has 3 fully saturated rings. The van der Waals surface area contributed by atoms with Gasteiger partial charge in [0.2, 0.25) is 0 Å². The van der Waals surface area contributed by atoms with E-state index in [0.29, 0.717) is 16.8 Å². The Labute approximate surface area is 184 Å². The molecule has 2 aromatic carbocycles. The standard InChI is InChI=1S/C23H25FN6O2/c24-17-7-5-15(6-8-17)13-25-23(32)28-30-20-4-2-1-3-18(20)21(27-30)22(31)26-19-14-29-11-9-16(19)10-12-29/h1-8,16,19H,9-14H2,(H,26,31)(H2,25,28,32)/t19-/m0/s1. The minimum Gasteiger partial charge on any atom is -0.346 e. The highest BCUT2D eigenvalue weighted by atomic mass is 19.1. The predicted octanol–water partition coefficient (Wildman–Crippen LogP) is 2.45. The Balaban J connectivity index is 1.29. The molecule has 1 aromatic heterocycles. The van der Waals surface area contributed by atoms with Crippen LogP contribution in [-0.4, -0.2) is 52.4 Å².